The smallest absolute Gasteiger partial charge is 0.358 e. The van der Waals surface area contributed by atoms with Gasteiger partial charge in [0.15, 0.2) is 28.8 Å². The number of halogens is 1. The molecule has 0 atom stereocenters. The summed E-state index contributed by atoms with van der Waals surface area (Å²) in [4.78, 5) is 36.3. The second-order valence-electron chi connectivity index (χ2n) is 8.75. The molecule has 0 aliphatic heterocycles. The zero-order valence-electron chi connectivity index (χ0n) is 22.0. The Morgan fingerprint density at radius 1 is 1.12 bits per heavy atom. The number of rotatable bonds is 9. The Bertz CT molecular complexity index is 1730. The van der Waals surface area contributed by atoms with E-state index in [4.69, 9.17) is 9.47 Å². The summed E-state index contributed by atoms with van der Waals surface area (Å²) in [5.41, 5.74) is 1.78. The summed E-state index contributed by atoms with van der Waals surface area (Å²) in [7, 11) is 3.48. The summed E-state index contributed by atoms with van der Waals surface area (Å²) in [6, 6.07) is 15.2. The van der Waals surface area contributed by atoms with E-state index in [1.807, 2.05) is 36.2 Å². The monoisotopic (exact) mass is 543 g/mol. The van der Waals surface area contributed by atoms with Crippen molar-refractivity contribution in [2.75, 3.05) is 31.0 Å². The third kappa shape index (κ3) is 5.19. The summed E-state index contributed by atoms with van der Waals surface area (Å²) in [6.07, 6.45) is 4.23. The van der Waals surface area contributed by atoms with Gasteiger partial charge in [0.05, 0.1) is 25.6 Å². The molecule has 0 saturated carbocycles. The summed E-state index contributed by atoms with van der Waals surface area (Å²) >= 11 is 0. The summed E-state index contributed by atoms with van der Waals surface area (Å²) in [5.74, 6) is -0.351. The lowest BCUT2D eigenvalue weighted by Crippen LogP contribution is -2.23. The third-order valence-electron chi connectivity index (χ3n) is 6.10. The molecule has 0 fully saturated rings. The number of imidazole rings is 1. The van der Waals surface area contributed by atoms with Gasteiger partial charge in [-0.05, 0) is 48.9 Å². The van der Waals surface area contributed by atoms with Gasteiger partial charge in [0.2, 0.25) is 0 Å². The fourth-order valence-electron chi connectivity index (χ4n) is 4.18. The average molecular weight is 544 g/mol. The number of pyridine rings is 2. The Balaban J connectivity index is 1.57. The summed E-state index contributed by atoms with van der Waals surface area (Å²) in [6.45, 7) is 2.39. The second kappa shape index (κ2) is 11.2. The van der Waals surface area contributed by atoms with E-state index in [1.165, 1.54) is 35.2 Å². The van der Waals surface area contributed by atoms with Crippen LogP contribution in [0.15, 0.2) is 78.0 Å². The summed E-state index contributed by atoms with van der Waals surface area (Å²) < 4.78 is 27.3. The van der Waals surface area contributed by atoms with Crippen molar-refractivity contribution < 1.29 is 18.7 Å². The Hall–Kier alpha value is -5.26. The Labute approximate surface area is 228 Å². The van der Waals surface area contributed by atoms with E-state index in [0.717, 1.165) is 15.9 Å². The van der Waals surface area contributed by atoms with Gasteiger partial charge in [0, 0.05) is 32.1 Å². The van der Waals surface area contributed by atoms with Gasteiger partial charge in [-0.25, -0.2) is 23.7 Å². The van der Waals surface area contributed by atoms with E-state index in [9.17, 15) is 14.0 Å². The van der Waals surface area contributed by atoms with Crippen LogP contribution in [0.2, 0.25) is 0 Å². The van der Waals surface area contributed by atoms with Crippen molar-refractivity contribution in [3.8, 4) is 11.6 Å². The fraction of sp³-hybridized carbons (Fsp3) is 0.179. The number of ether oxygens (including phenoxy) is 2. The highest BCUT2D eigenvalue weighted by Gasteiger charge is 2.20. The molecule has 1 N–H and O–H groups in total. The number of hydrogen-bond donors (Lipinski definition) is 1. The number of nitrogens with one attached hydrogen (secondary N) is 1. The standard InChI is InChI=1S/C28H26FN7O4/c1-4-40-28(38)23-16-31-26-22(34(2)17-18-9-11-19(39-3)12-10-18)15-24(33-36(23)26)32-21-8-6-14-35(27(21)37)25-20(29)7-5-13-30-25/h5-16H,4,17H2,1-3H3,(H,32,33). The van der Waals surface area contributed by atoms with E-state index in [2.05, 4.69) is 20.4 Å². The molecule has 0 radical (unpaired) electrons. The minimum atomic E-state index is -0.638. The number of esters is 1. The predicted octanol–water partition coefficient (Wildman–Crippen LogP) is 3.98. The number of carbonyl (C=O) groups is 1. The average Bonchev–Trinajstić information content (AvgIpc) is 3.39. The van der Waals surface area contributed by atoms with E-state index in [0.29, 0.717) is 17.9 Å². The van der Waals surface area contributed by atoms with Gasteiger partial charge in [-0.2, -0.15) is 0 Å². The van der Waals surface area contributed by atoms with Crippen LogP contribution in [0.1, 0.15) is 23.0 Å². The van der Waals surface area contributed by atoms with Crippen molar-refractivity contribution in [2.24, 2.45) is 0 Å². The molecular formula is C28H26FN7O4. The van der Waals surface area contributed by atoms with Crippen LogP contribution >= 0.6 is 0 Å². The molecule has 4 aromatic heterocycles. The van der Waals surface area contributed by atoms with Crippen molar-refractivity contribution in [3.05, 3.63) is 101 Å². The highest BCUT2D eigenvalue weighted by molar-refractivity contribution is 5.89. The van der Waals surface area contributed by atoms with Crippen LogP contribution in [0.5, 0.6) is 5.75 Å². The minimum absolute atomic E-state index is 0.126. The number of nitrogens with zero attached hydrogens (tertiary/aromatic N) is 6. The number of benzene rings is 1. The van der Waals surface area contributed by atoms with E-state index in [1.54, 1.807) is 32.2 Å². The molecule has 204 valence electrons. The molecule has 4 heterocycles. The maximum absolute atomic E-state index is 14.4. The van der Waals surface area contributed by atoms with Crippen LogP contribution in [0.3, 0.4) is 0 Å². The molecule has 0 saturated heterocycles. The highest BCUT2D eigenvalue weighted by Crippen LogP contribution is 2.27. The maximum Gasteiger partial charge on any atom is 0.358 e. The van der Waals surface area contributed by atoms with Gasteiger partial charge in [-0.3, -0.25) is 9.36 Å². The summed E-state index contributed by atoms with van der Waals surface area (Å²) in [5, 5.41) is 7.55. The van der Waals surface area contributed by atoms with Gasteiger partial charge < -0.3 is 19.7 Å². The van der Waals surface area contributed by atoms with Crippen LogP contribution in [0.25, 0.3) is 11.5 Å². The van der Waals surface area contributed by atoms with E-state index < -0.39 is 17.3 Å². The van der Waals surface area contributed by atoms with Gasteiger partial charge in [-0.1, -0.05) is 12.1 Å². The van der Waals surface area contributed by atoms with Crippen LogP contribution in [0.4, 0.5) is 21.6 Å². The number of fused-ring (bicyclic) bond motifs is 1. The van der Waals surface area contributed by atoms with Crippen molar-refractivity contribution in [2.45, 2.75) is 13.5 Å². The SMILES string of the molecule is CCOC(=O)c1cnc2c(N(C)Cc3ccc(OC)cc3)cc(Nc3cccn(-c4ncccc4F)c3=O)nn12. The molecule has 0 bridgehead atoms. The predicted molar refractivity (Wildman–Crippen MR) is 147 cm³/mol. The largest absolute Gasteiger partial charge is 0.497 e. The Morgan fingerprint density at radius 3 is 2.65 bits per heavy atom. The number of aromatic nitrogens is 5. The molecular weight excluding hydrogens is 517 g/mol. The van der Waals surface area contributed by atoms with Gasteiger partial charge in [0.25, 0.3) is 5.56 Å². The van der Waals surface area contributed by atoms with Gasteiger partial charge in [-0.15, -0.1) is 5.10 Å². The van der Waals surface area contributed by atoms with Crippen molar-refractivity contribution in [3.63, 3.8) is 0 Å². The molecule has 0 amide bonds. The van der Waals surface area contributed by atoms with E-state index in [-0.39, 0.29) is 29.6 Å². The Morgan fingerprint density at radius 2 is 1.93 bits per heavy atom. The number of methoxy groups -OCH3 is 1. The lowest BCUT2D eigenvalue weighted by Gasteiger charge is -2.21. The molecule has 11 nitrogen and oxygen atoms in total. The number of anilines is 3. The molecule has 0 spiro atoms. The maximum atomic E-state index is 14.4. The zero-order valence-corrected chi connectivity index (χ0v) is 22.0. The number of hydrogen-bond acceptors (Lipinski definition) is 9. The first-order chi connectivity index (χ1) is 19.4. The lowest BCUT2D eigenvalue weighted by atomic mass is 10.2. The first-order valence-electron chi connectivity index (χ1n) is 12.4. The lowest BCUT2D eigenvalue weighted by molar-refractivity contribution is 0.0517. The van der Waals surface area contributed by atoms with E-state index >= 15 is 0 Å². The third-order valence-corrected chi connectivity index (χ3v) is 6.10. The zero-order chi connectivity index (χ0) is 28.2. The van der Waals surface area contributed by atoms with Crippen LogP contribution in [-0.2, 0) is 11.3 Å². The van der Waals surface area contributed by atoms with Gasteiger partial charge >= 0.3 is 5.97 Å². The quantitative estimate of drug-likeness (QED) is 0.276. The van der Waals surface area contributed by atoms with Gasteiger partial charge in [0.1, 0.15) is 11.4 Å². The van der Waals surface area contributed by atoms with Crippen LogP contribution < -0.4 is 20.5 Å². The Kier molecular flexibility index (Phi) is 7.40. The molecule has 1 aromatic carbocycles. The van der Waals surface area contributed by atoms with Crippen molar-refractivity contribution >= 4 is 28.8 Å². The molecule has 5 rings (SSSR count). The molecule has 0 aliphatic rings. The minimum Gasteiger partial charge on any atom is -0.497 e. The van der Waals surface area contributed by atoms with Crippen LogP contribution in [-0.4, -0.2) is 50.9 Å². The first kappa shape index (κ1) is 26.4. The molecule has 40 heavy (non-hydrogen) atoms. The normalized spacial score (nSPS) is 10.9. The molecule has 0 unspecified atom stereocenters. The van der Waals surface area contributed by atoms with Crippen LogP contribution in [0, 0.1) is 5.82 Å². The first-order valence-corrected chi connectivity index (χ1v) is 12.4. The number of carbonyl (C=O) groups excluding carboxylic acids is 1. The molecule has 12 heteroatoms. The second-order valence-corrected chi connectivity index (χ2v) is 8.75. The van der Waals surface area contributed by atoms with Crippen molar-refractivity contribution in [1.29, 1.82) is 0 Å². The fourth-order valence-corrected chi connectivity index (χ4v) is 4.18. The molecule has 5 aromatic rings. The topological polar surface area (TPSA) is 116 Å². The molecule has 0 aliphatic carbocycles. The highest BCUT2D eigenvalue weighted by atomic mass is 19.1. The van der Waals surface area contributed by atoms with Crippen molar-refractivity contribution in [1.82, 2.24) is 24.1 Å².